The number of aryl methyl sites for hydroxylation is 2. The van der Waals surface area contributed by atoms with Crippen LogP contribution in [0.2, 0.25) is 5.02 Å². The number of carboxylic acids is 1. The van der Waals surface area contributed by atoms with Crippen LogP contribution in [-0.2, 0) is 4.79 Å². The summed E-state index contributed by atoms with van der Waals surface area (Å²) in [4.78, 5) is 11.6. The zero-order chi connectivity index (χ0) is 20.0. The Kier molecular flexibility index (Phi) is 4.59. The molecule has 0 saturated heterocycles. The summed E-state index contributed by atoms with van der Waals surface area (Å²) in [5.41, 5.74) is 0.301. The van der Waals surface area contributed by atoms with Crippen molar-refractivity contribution in [3.63, 3.8) is 0 Å². The highest BCUT2D eigenvalue weighted by atomic mass is 35.5. The van der Waals surface area contributed by atoms with E-state index in [0.717, 1.165) is 11.6 Å². The minimum atomic E-state index is -5.24. The first-order valence-electron chi connectivity index (χ1n) is 7.79. The lowest BCUT2D eigenvalue weighted by molar-refractivity contribution is -0.327. The van der Waals surface area contributed by atoms with E-state index in [1.165, 1.54) is 36.4 Å². The molecule has 0 aliphatic carbocycles. The highest BCUT2D eigenvalue weighted by Crippen LogP contribution is 2.47. The number of benzene rings is 2. The van der Waals surface area contributed by atoms with Gasteiger partial charge in [-0.2, -0.15) is 13.2 Å². The van der Waals surface area contributed by atoms with Crippen LogP contribution in [-0.4, -0.2) is 17.9 Å². The zero-order valence-electron chi connectivity index (χ0n) is 14.2. The molecule has 0 spiro atoms. The van der Waals surface area contributed by atoms with E-state index < -0.39 is 23.5 Å². The molecule has 0 radical (unpaired) electrons. The molecule has 0 bridgehead atoms. The lowest BCUT2D eigenvalue weighted by Crippen LogP contribution is -2.60. The van der Waals surface area contributed by atoms with Crippen LogP contribution in [0.4, 0.5) is 13.2 Å². The molecule has 0 N–H and O–H groups in total. The number of carbonyl (C=O) groups excluding carboxylic acids is 1. The molecule has 2 aromatic rings. The highest BCUT2D eigenvalue weighted by molar-refractivity contribution is 6.32. The molecule has 0 amide bonds. The fourth-order valence-corrected chi connectivity index (χ4v) is 2.93. The molecule has 4 nitrogen and oxygen atoms in total. The molecule has 8 heteroatoms. The molecular formula is C19H13ClF3O4-. The number of carboxylic acid groups (broad SMARTS) is 1. The maximum absolute atomic E-state index is 14.1. The zero-order valence-corrected chi connectivity index (χ0v) is 14.9. The Labute approximate surface area is 157 Å². The standard InChI is InChI=1S/C19H14ClF3O4/c1-10-7-14(20)16(8-11(10)2)27-18(19(21,22)23)13(17(24)25)9-12-5-3-4-6-15(12)26-18/h3-9H,1-2H3,(H,24,25)/p-1. The van der Waals surface area contributed by atoms with Gasteiger partial charge in [0.25, 0.3) is 0 Å². The number of alkyl halides is 3. The topological polar surface area (TPSA) is 58.6 Å². The number of rotatable bonds is 3. The Hall–Kier alpha value is -2.67. The van der Waals surface area contributed by atoms with E-state index in [2.05, 4.69) is 0 Å². The molecule has 1 aliphatic rings. The molecule has 3 rings (SSSR count). The second kappa shape index (κ2) is 6.49. The number of aliphatic carboxylic acids is 1. The summed E-state index contributed by atoms with van der Waals surface area (Å²) in [6.07, 6.45) is -4.41. The van der Waals surface area contributed by atoms with Crippen LogP contribution in [0.15, 0.2) is 42.0 Å². The lowest BCUT2D eigenvalue weighted by atomic mass is 9.97. The number of para-hydroxylation sites is 1. The Morgan fingerprint density at radius 3 is 2.44 bits per heavy atom. The summed E-state index contributed by atoms with van der Waals surface area (Å²) in [6, 6.07) is 8.41. The molecule has 1 heterocycles. The van der Waals surface area contributed by atoms with Crippen molar-refractivity contribution in [3.05, 3.63) is 63.7 Å². The van der Waals surface area contributed by atoms with Crippen LogP contribution in [0.25, 0.3) is 6.08 Å². The average Bonchev–Trinajstić information content (AvgIpc) is 2.57. The van der Waals surface area contributed by atoms with Gasteiger partial charge in [-0.1, -0.05) is 29.8 Å². The molecular weight excluding hydrogens is 385 g/mol. The Bertz CT molecular complexity index is 952. The van der Waals surface area contributed by atoms with Crippen molar-refractivity contribution in [2.45, 2.75) is 25.8 Å². The van der Waals surface area contributed by atoms with Gasteiger partial charge in [-0.05, 0) is 49.2 Å². The van der Waals surface area contributed by atoms with Gasteiger partial charge < -0.3 is 19.4 Å². The van der Waals surface area contributed by atoms with Gasteiger partial charge in [-0.15, -0.1) is 0 Å². The first-order valence-corrected chi connectivity index (χ1v) is 8.17. The van der Waals surface area contributed by atoms with Gasteiger partial charge in [0.15, 0.2) is 0 Å². The van der Waals surface area contributed by atoms with Crippen LogP contribution in [0.1, 0.15) is 16.7 Å². The van der Waals surface area contributed by atoms with Gasteiger partial charge in [0.2, 0.25) is 0 Å². The fourth-order valence-electron chi connectivity index (χ4n) is 2.68. The van der Waals surface area contributed by atoms with Crippen LogP contribution >= 0.6 is 11.6 Å². The van der Waals surface area contributed by atoms with Crippen LogP contribution in [0.5, 0.6) is 11.5 Å². The number of halogens is 4. The molecule has 0 aromatic heterocycles. The number of hydrogen-bond donors (Lipinski definition) is 0. The Balaban J connectivity index is 2.22. The fraction of sp³-hybridized carbons (Fsp3) is 0.211. The maximum Gasteiger partial charge on any atom is 0.473 e. The Morgan fingerprint density at radius 1 is 1.19 bits per heavy atom. The lowest BCUT2D eigenvalue weighted by Gasteiger charge is -2.40. The predicted molar refractivity (Wildman–Crippen MR) is 90.4 cm³/mol. The van der Waals surface area contributed by atoms with E-state index in [9.17, 15) is 23.1 Å². The molecule has 1 aliphatic heterocycles. The van der Waals surface area contributed by atoms with Crippen molar-refractivity contribution in [1.29, 1.82) is 0 Å². The largest absolute Gasteiger partial charge is 0.545 e. The van der Waals surface area contributed by atoms with E-state index >= 15 is 0 Å². The molecule has 1 unspecified atom stereocenters. The van der Waals surface area contributed by atoms with E-state index in [1.807, 2.05) is 0 Å². The molecule has 0 fully saturated rings. The third-order valence-corrected chi connectivity index (χ3v) is 4.52. The summed E-state index contributed by atoms with van der Waals surface area (Å²) in [5, 5.41) is 11.4. The molecule has 27 heavy (non-hydrogen) atoms. The summed E-state index contributed by atoms with van der Waals surface area (Å²) >= 11 is 6.03. The molecule has 142 valence electrons. The van der Waals surface area contributed by atoms with Gasteiger partial charge in [0, 0.05) is 5.56 Å². The van der Waals surface area contributed by atoms with Crippen molar-refractivity contribution in [1.82, 2.24) is 0 Å². The Morgan fingerprint density at radius 2 is 1.81 bits per heavy atom. The maximum atomic E-state index is 14.1. The van der Waals surface area contributed by atoms with Gasteiger partial charge >= 0.3 is 12.0 Å². The minimum absolute atomic E-state index is 0.109. The normalized spacial score (nSPS) is 19.0. The summed E-state index contributed by atoms with van der Waals surface area (Å²) in [5.74, 6) is -6.21. The number of ether oxygens (including phenoxy) is 2. The SMILES string of the molecule is Cc1cc(Cl)c(OC2(C(F)(F)F)Oc3ccccc3C=C2C(=O)[O-])cc1C. The monoisotopic (exact) mass is 397 g/mol. The van der Waals surface area contributed by atoms with E-state index in [-0.39, 0.29) is 22.1 Å². The smallest absolute Gasteiger partial charge is 0.473 e. The van der Waals surface area contributed by atoms with Gasteiger partial charge in [0.1, 0.15) is 11.5 Å². The third-order valence-electron chi connectivity index (χ3n) is 4.22. The van der Waals surface area contributed by atoms with E-state index in [1.54, 1.807) is 13.8 Å². The quantitative estimate of drug-likeness (QED) is 0.790. The van der Waals surface area contributed by atoms with Gasteiger partial charge in [-0.25, -0.2) is 0 Å². The number of hydrogen-bond acceptors (Lipinski definition) is 4. The van der Waals surface area contributed by atoms with Gasteiger partial charge in [0.05, 0.1) is 16.6 Å². The first-order chi connectivity index (χ1) is 12.5. The van der Waals surface area contributed by atoms with Crippen molar-refractivity contribution in [3.8, 4) is 11.5 Å². The van der Waals surface area contributed by atoms with Crippen molar-refractivity contribution < 1.29 is 32.5 Å². The van der Waals surface area contributed by atoms with E-state index in [4.69, 9.17) is 21.1 Å². The van der Waals surface area contributed by atoms with E-state index in [0.29, 0.717) is 5.56 Å². The first kappa shape index (κ1) is 19.1. The number of fused-ring (bicyclic) bond motifs is 1. The van der Waals surface area contributed by atoms with Crippen molar-refractivity contribution >= 4 is 23.6 Å². The van der Waals surface area contributed by atoms with Crippen LogP contribution < -0.4 is 14.6 Å². The van der Waals surface area contributed by atoms with Crippen molar-refractivity contribution in [2.24, 2.45) is 0 Å². The average molecular weight is 398 g/mol. The van der Waals surface area contributed by atoms with Crippen molar-refractivity contribution in [2.75, 3.05) is 0 Å². The summed E-state index contributed by atoms with van der Waals surface area (Å²) in [7, 11) is 0. The summed E-state index contributed by atoms with van der Waals surface area (Å²) < 4.78 is 52.4. The molecule has 0 saturated carbocycles. The van der Waals surface area contributed by atoms with Crippen LogP contribution in [0.3, 0.4) is 0 Å². The molecule has 2 aromatic carbocycles. The highest BCUT2D eigenvalue weighted by Gasteiger charge is 2.65. The predicted octanol–water partition coefficient (Wildman–Crippen LogP) is 3.82. The minimum Gasteiger partial charge on any atom is -0.545 e. The van der Waals surface area contributed by atoms with Crippen LogP contribution in [0, 0.1) is 13.8 Å². The number of carbonyl (C=O) groups is 1. The summed E-state index contributed by atoms with van der Waals surface area (Å²) in [6.45, 7) is 3.38. The van der Waals surface area contributed by atoms with Gasteiger partial charge in [-0.3, -0.25) is 0 Å². The third kappa shape index (κ3) is 3.23. The second-order valence-electron chi connectivity index (χ2n) is 6.07. The molecule has 1 atom stereocenters. The second-order valence-corrected chi connectivity index (χ2v) is 6.48.